The molecule has 0 spiro atoms. The van der Waals surface area contributed by atoms with Crippen LogP contribution >= 0.6 is 0 Å². The summed E-state index contributed by atoms with van der Waals surface area (Å²) in [5.74, 6) is -0.225. The number of carboxylic acid groups (broad SMARTS) is 1. The van der Waals surface area contributed by atoms with Gasteiger partial charge in [-0.1, -0.05) is 54.6 Å². The molecule has 2 aromatic carbocycles. The maximum absolute atomic E-state index is 11.5. The summed E-state index contributed by atoms with van der Waals surface area (Å²) >= 11 is 0. The van der Waals surface area contributed by atoms with E-state index in [1.165, 1.54) is 16.7 Å². The molecule has 0 radical (unpaired) electrons. The van der Waals surface area contributed by atoms with Crippen LogP contribution in [0.2, 0.25) is 0 Å². The molecule has 5 atom stereocenters. The van der Waals surface area contributed by atoms with Gasteiger partial charge in [-0.25, -0.2) is 10.9 Å². The van der Waals surface area contributed by atoms with Gasteiger partial charge in [-0.3, -0.25) is 15.6 Å². The van der Waals surface area contributed by atoms with Gasteiger partial charge in [0.05, 0.1) is 6.04 Å². The minimum Gasteiger partial charge on any atom is -0.480 e. The highest BCUT2D eigenvalue weighted by molar-refractivity contribution is 5.74. The molecule has 5 N–H and O–H groups in total. The number of hydrogen-bond donors (Lipinski definition) is 5. The van der Waals surface area contributed by atoms with Gasteiger partial charge in [0.25, 0.3) is 0 Å². The molecule has 158 valence electrons. The van der Waals surface area contributed by atoms with E-state index in [1.807, 2.05) is 6.07 Å². The Morgan fingerprint density at radius 3 is 2.53 bits per heavy atom. The van der Waals surface area contributed by atoms with Crippen molar-refractivity contribution in [1.82, 2.24) is 26.6 Å². The number of nitrogens with zero attached hydrogens (tertiary/aromatic N) is 1. The van der Waals surface area contributed by atoms with Crippen LogP contribution in [0.4, 0.5) is 0 Å². The SMILES string of the molecule is O=C(O)C1NNCC1CN1CCC2NNC(c3ccc(-c4ccccc4)cc3)C2C1. The van der Waals surface area contributed by atoms with E-state index in [0.717, 1.165) is 26.1 Å². The van der Waals surface area contributed by atoms with Gasteiger partial charge in [-0.2, -0.15) is 0 Å². The predicted octanol–water partition coefficient (Wildman–Crippen LogP) is 1.37. The van der Waals surface area contributed by atoms with Crippen LogP contribution in [-0.2, 0) is 4.79 Å². The number of fused-ring (bicyclic) bond motifs is 1. The summed E-state index contributed by atoms with van der Waals surface area (Å²) in [4.78, 5) is 13.9. The molecule has 0 aliphatic carbocycles. The lowest BCUT2D eigenvalue weighted by molar-refractivity contribution is -0.140. The molecule has 3 aliphatic rings. The first-order valence-electron chi connectivity index (χ1n) is 10.8. The molecule has 7 nitrogen and oxygen atoms in total. The Bertz CT molecular complexity index is 875. The molecule has 3 fully saturated rings. The average Bonchev–Trinajstić information content (AvgIpc) is 3.41. The Kier molecular flexibility index (Phi) is 5.54. The minimum atomic E-state index is -0.777. The van der Waals surface area contributed by atoms with Crippen molar-refractivity contribution in [2.75, 3.05) is 26.2 Å². The quantitative estimate of drug-likeness (QED) is 0.512. The van der Waals surface area contributed by atoms with Crippen molar-refractivity contribution >= 4 is 5.97 Å². The van der Waals surface area contributed by atoms with Gasteiger partial charge in [0.2, 0.25) is 0 Å². The van der Waals surface area contributed by atoms with Crippen LogP contribution in [0, 0.1) is 11.8 Å². The van der Waals surface area contributed by atoms with Crippen LogP contribution in [0.15, 0.2) is 54.6 Å². The number of hydrazine groups is 2. The monoisotopic (exact) mass is 407 g/mol. The Morgan fingerprint density at radius 2 is 1.77 bits per heavy atom. The van der Waals surface area contributed by atoms with Crippen LogP contribution in [0.25, 0.3) is 11.1 Å². The second-order valence-corrected chi connectivity index (χ2v) is 8.67. The van der Waals surface area contributed by atoms with Crippen LogP contribution in [0.1, 0.15) is 18.0 Å². The fourth-order valence-electron chi connectivity index (χ4n) is 5.18. The van der Waals surface area contributed by atoms with Gasteiger partial charge in [-0.15, -0.1) is 0 Å². The standard InChI is InChI=1S/C23H29N5O2/c29-23(30)22-18(12-24-26-22)13-28-11-10-20-19(14-28)21(27-25-20)17-8-6-16(7-9-17)15-4-2-1-3-5-15/h1-9,18-22,24-27H,10-14H2,(H,29,30). The van der Waals surface area contributed by atoms with E-state index in [0.29, 0.717) is 18.5 Å². The Morgan fingerprint density at radius 1 is 1.00 bits per heavy atom. The molecule has 0 saturated carbocycles. The van der Waals surface area contributed by atoms with Crippen molar-refractivity contribution in [3.05, 3.63) is 60.2 Å². The number of likely N-dealkylation sites (tertiary alicyclic amines) is 1. The van der Waals surface area contributed by atoms with Gasteiger partial charge < -0.3 is 10.0 Å². The Labute approximate surface area is 176 Å². The topological polar surface area (TPSA) is 88.7 Å². The number of benzene rings is 2. The summed E-state index contributed by atoms with van der Waals surface area (Å²) < 4.78 is 0. The largest absolute Gasteiger partial charge is 0.480 e. The summed E-state index contributed by atoms with van der Waals surface area (Å²) in [5, 5.41) is 9.42. The van der Waals surface area contributed by atoms with Gasteiger partial charge in [0, 0.05) is 37.5 Å². The summed E-state index contributed by atoms with van der Waals surface area (Å²) in [6, 6.07) is 19.5. The third kappa shape index (κ3) is 3.87. The normalized spacial score (nSPS) is 31.5. The summed E-state index contributed by atoms with van der Waals surface area (Å²) in [6.45, 7) is 3.47. The van der Waals surface area contributed by atoms with Gasteiger partial charge in [0.15, 0.2) is 0 Å². The lowest BCUT2D eigenvalue weighted by atomic mass is 9.84. The lowest BCUT2D eigenvalue weighted by Crippen LogP contribution is -2.49. The predicted molar refractivity (Wildman–Crippen MR) is 115 cm³/mol. The van der Waals surface area contributed by atoms with Gasteiger partial charge in [0.1, 0.15) is 6.04 Å². The van der Waals surface area contributed by atoms with Crippen LogP contribution in [0.3, 0.4) is 0 Å². The number of rotatable bonds is 5. The summed E-state index contributed by atoms with van der Waals surface area (Å²) in [5.41, 5.74) is 16.7. The van der Waals surface area contributed by atoms with Crippen molar-refractivity contribution in [1.29, 1.82) is 0 Å². The first-order chi connectivity index (χ1) is 14.7. The molecule has 0 bridgehead atoms. The zero-order valence-electron chi connectivity index (χ0n) is 16.9. The highest BCUT2D eigenvalue weighted by Crippen LogP contribution is 2.35. The third-order valence-electron chi connectivity index (χ3n) is 6.82. The molecule has 30 heavy (non-hydrogen) atoms. The lowest BCUT2D eigenvalue weighted by Gasteiger charge is -2.37. The molecule has 2 aromatic rings. The average molecular weight is 408 g/mol. The number of aliphatic carboxylic acids is 1. The van der Waals surface area contributed by atoms with Crippen molar-refractivity contribution < 1.29 is 9.90 Å². The molecule has 0 amide bonds. The van der Waals surface area contributed by atoms with Crippen LogP contribution < -0.4 is 21.7 Å². The molecule has 3 heterocycles. The number of hydrogen-bond acceptors (Lipinski definition) is 6. The zero-order chi connectivity index (χ0) is 20.5. The molecule has 3 saturated heterocycles. The smallest absolute Gasteiger partial charge is 0.322 e. The first kappa shape index (κ1) is 19.7. The molecular formula is C23H29N5O2. The van der Waals surface area contributed by atoms with E-state index in [-0.39, 0.29) is 12.0 Å². The van der Waals surface area contributed by atoms with E-state index in [9.17, 15) is 9.90 Å². The van der Waals surface area contributed by atoms with Crippen LogP contribution in [0.5, 0.6) is 0 Å². The van der Waals surface area contributed by atoms with Crippen molar-refractivity contribution in [2.45, 2.75) is 24.5 Å². The van der Waals surface area contributed by atoms with E-state index in [1.54, 1.807) is 0 Å². The van der Waals surface area contributed by atoms with E-state index in [2.05, 4.69) is 75.1 Å². The second kappa shape index (κ2) is 8.45. The van der Waals surface area contributed by atoms with Gasteiger partial charge in [-0.05, 0) is 29.7 Å². The van der Waals surface area contributed by atoms with E-state index < -0.39 is 12.0 Å². The van der Waals surface area contributed by atoms with E-state index >= 15 is 0 Å². The fourth-order valence-corrected chi connectivity index (χ4v) is 5.18. The Balaban J connectivity index is 1.27. The third-order valence-corrected chi connectivity index (χ3v) is 6.82. The number of carboxylic acids is 1. The maximum Gasteiger partial charge on any atom is 0.322 e. The Hall–Kier alpha value is -2.29. The fraction of sp³-hybridized carbons (Fsp3) is 0.435. The highest BCUT2D eigenvalue weighted by Gasteiger charge is 2.42. The molecule has 5 rings (SSSR count). The van der Waals surface area contributed by atoms with Crippen molar-refractivity contribution in [3.8, 4) is 11.1 Å². The van der Waals surface area contributed by atoms with Gasteiger partial charge >= 0.3 is 5.97 Å². The molecule has 7 heteroatoms. The summed E-state index contributed by atoms with van der Waals surface area (Å²) in [7, 11) is 0. The zero-order valence-corrected chi connectivity index (χ0v) is 16.9. The minimum absolute atomic E-state index is 0.0879. The van der Waals surface area contributed by atoms with Crippen molar-refractivity contribution in [2.24, 2.45) is 11.8 Å². The van der Waals surface area contributed by atoms with Crippen LogP contribution in [-0.4, -0.2) is 54.2 Å². The highest BCUT2D eigenvalue weighted by atomic mass is 16.4. The maximum atomic E-state index is 11.5. The number of nitrogens with one attached hydrogen (secondary N) is 4. The second-order valence-electron chi connectivity index (χ2n) is 8.67. The molecule has 0 aromatic heterocycles. The summed E-state index contributed by atoms with van der Waals surface area (Å²) in [6.07, 6.45) is 1.07. The first-order valence-corrected chi connectivity index (χ1v) is 10.8. The molecule has 5 unspecified atom stereocenters. The molecule has 3 aliphatic heterocycles. The molecular weight excluding hydrogens is 378 g/mol. The number of piperidine rings is 1. The van der Waals surface area contributed by atoms with Crippen molar-refractivity contribution in [3.63, 3.8) is 0 Å². The number of carbonyl (C=O) groups is 1. The van der Waals surface area contributed by atoms with E-state index in [4.69, 9.17) is 0 Å².